The van der Waals surface area contributed by atoms with Gasteiger partial charge >= 0.3 is 0 Å². The number of rotatable bonds is 1. The lowest BCUT2D eigenvalue weighted by molar-refractivity contribution is -0.135. The van der Waals surface area contributed by atoms with Gasteiger partial charge < -0.3 is 4.90 Å². The number of hydrogen-bond donors (Lipinski definition) is 1. The highest BCUT2D eigenvalue weighted by molar-refractivity contribution is 6.06. The van der Waals surface area contributed by atoms with E-state index < -0.39 is 5.54 Å². The van der Waals surface area contributed by atoms with Crippen LogP contribution in [0.25, 0.3) is 0 Å². The Morgan fingerprint density at radius 3 is 2.67 bits per heavy atom. The molecule has 0 saturated carbocycles. The molecule has 1 aromatic heterocycles. The number of aromatic nitrogens is 2. The molecule has 0 atom stereocenters. The Labute approximate surface area is 103 Å². The van der Waals surface area contributed by atoms with E-state index in [0.29, 0.717) is 5.82 Å². The van der Waals surface area contributed by atoms with Gasteiger partial charge in [-0.1, -0.05) is 0 Å². The Morgan fingerprint density at radius 2 is 2.11 bits per heavy atom. The van der Waals surface area contributed by atoms with Gasteiger partial charge in [0.1, 0.15) is 17.4 Å². The lowest BCUT2D eigenvalue weighted by Gasteiger charge is -2.40. The molecule has 0 spiro atoms. The Kier molecular flexibility index (Phi) is 2.71. The van der Waals surface area contributed by atoms with Crippen molar-refractivity contribution in [1.29, 1.82) is 5.26 Å². The number of piperazine rings is 1. The van der Waals surface area contributed by atoms with Gasteiger partial charge in [0, 0.05) is 0 Å². The molecule has 1 aliphatic rings. The summed E-state index contributed by atoms with van der Waals surface area (Å²) in [7, 11) is 0. The quantitative estimate of drug-likeness (QED) is 0.675. The number of anilines is 1. The number of nitriles is 1. The summed E-state index contributed by atoms with van der Waals surface area (Å²) in [5.74, 6) is -0.377. The zero-order valence-corrected chi connectivity index (χ0v) is 9.97. The molecule has 18 heavy (non-hydrogen) atoms. The summed E-state index contributed by atoms with van der Waals surface area (Å²) in [6.07, 6.45) is 2.69. The van der Waals surface area contributed by atoms with Gasteiger partial charge in [0.15, 0.2) is 5.69 Å². The Hall–Kier alpha value is -2.49. The average Bonchev–Trinajstić information content (AvgIpc) is 2.34. The highest BCUT2D eigenvalue weighted by Crippen LogP contribution is 2.23. The third-order valence-electron chi connectivity index (χ3n) is 2.81. The summed E-state index contributed by atoms with van der Waals surface area (Å²) in [6, 6.07) is 1.86. The van der Waals surface area contributed by atoms with Gasteiger partial charge in [-0.25, -0.2) is 9.97 Å². The smallest absolute Gasteiger partial charge is 0.251 e. The third-order valence-corrected chi connectivity index (χ3v) is 2.81. The summed E-state index contributed by atoms with van der Waals surface area (Å²) < 4.78 is 0. The van der Waals surface area contributed by atoms with Crippen LogP contribution in [0, 0.1) is 11.3 Å². The lowest BCUT2D eigenvalue weighted by atomic mass is 9.99. The maximum absolute atomic E-state index is 11.8. The van der Waals surface area contributed by atoms with E-state index in [0.717, 1.165) is 0 Å². The molecule has 0 bridgehead atoms. The van der Waals surface area contributed by atoms with Crippen LogP contribution in [0.2, 0.25) is 0 Å². The molecule has 1 saturated heterocycles. The van der Waals surface area contributed by atoms with Crippen LogP contribution in [0.4, 0.5) is 5.82 Å². The van der Waals surface area contributed by atoms with Crippen LogP contribution in [-0.4, -0.2) is 33.9 Å². The first-order valence-electron chi connectivity index (χ1n) is 5.29. The Morgan fingerprint density at radius 1 is 1.39 bits per heavy atom. The van der Waals surface area contributed by atoms with E-state index in [1.165, 1.54) is 12.4 Å². The molecule has 1 aliphatic heterocycles. The van der Waals surface area contributed by atoms with Crippen molar-refractivity contribution in [3.63, 3.8) is 0 Å². The fourth-order valence-corrected chi connectivity index (χ4v) is 1.67. The molecule has 0 aromatic carbocycles. The largest absolute Gasteiger partial charge is 0.332 e. The summed E-state index contributed by atoms with van der Waals surface area (Å²) in [5.41, 5.74) is -0.708. The molecule has 0 unspecified atom stereocenters. The molecule has 92 valence electrons. The van der Waals surface area contributed by atoms with Crippen molar-refractivity contribution in [3.8, 4) is 6.07 Å². The van der Waals surface area contributed by atoms with Crippen molar-refractivity contribution in [2.75, 3.05) is 11.4 Å². The molecule has 2 rings (SSSR count). The number of hydrogen-bond acceptors (Lipinski definition) is 6. The van der Waals surface area contributed by atoms with Crippen molar-refractivity contribution in [2.24, 2.45) is 0 Å². The number of nitrogens with zero attached hydrogens (tertiary/aromatic N) is 4. The van der Waals surface area contributed by atoms with Crippen molar-refractivity contribution < 1.29 is 9.59 Å². The van der Waals surface area contributed by atoms with E-state index in [1.54, 1.807) is 18.7 Å². The highest BCUT2D eigenvalue weighted by atomic mass is 16.2. The van der Waals surface area contributed by atoms with E-state index in [9.17, 15) is 9.59 Å². The van der Waals surface area contributed by atoms with Crippen LogP contribution in [0.1, 0.15) is 19.5 Å². The van der Waals surface area contributed by atoms with Gasteiger partial charge in [0.05, 0.1) is 18.9 Å². The SMILES string of the molecule is CC1(C)C(=O)NC(=O)CN1c1cnc(C#N)cn1. The molecule has 7 nitrogen and oxygen atoms in total. The van der Waals surface area contributed by atoms with Gasteiger partial charge in [0.25, 0.3) is 5.91 Å². The minimum Gasteiger partial charge on any atom is -0.332 e. The number of carbonyl (C=O) groups is 2. The van der Waals surface area contributed by atoms with Crippen LogP contribution in [-0.2, 0) is 9.59 Å². The third kappa shape index (κ3) is 1.88. The normalized spacial score (nSPS) is 18.2. The standard InChI is InChI=1S/C11H11N5O2/c1-11(2)10(18)15-9(17)6-16(11)8-5-13-7(3-12)4-14-8/h4-5H,6H2,1-2H3,(H,15,17,18). The van der Waals surface area contributed by atoms with Crippen molar-refractivity contribution >= 4 is 17.6 Å². The van der Waals surface area contributed by atoms with Gasteiger partial charge in [-0.2, -0.15) is 5.26 Å². The summed E-state index contributed by atoms with van der Waals surface area (Å²) in [6.45, 7) is 3.41. The number of nitrogens with one attached hydrogen (secondary N) is 1. The zero-order valence-electron chi connectivity index (χ0n) is 9.97. The number of carbonyl (C=O) groups excluding carboxylic acids is 2. The molecule has 2 heterocycles. The Balaban J connectivity index is 2.38. The van der Waals surface area contributed by atoms with Gasteiger partial charge in [-0.3, -0.25) is 14.9 Å². The fraction of sp³-hybridized carbons (Fsp3) is 0.364. The lowest BCUT2D eigenvalue weighted by Crippen LogP contribution is -2.64. The van der Waals surface area contributed by atoms with E-state index in [4.69, 9.17) is 5.26 Å². The first kappa shape index (κ1) is 12.0. The highest BCUT2D eigenvalue weighted by Gasteiger charge is 2.41. The van der Waals surface area contributed by atoms with E-state index in [1.807, 2.05) is 6.07 Å². The average molecular weight is 245 g/mol. The minimum absolute atomic E-state index is 0.0271. The topological polar surface area (TPSA) is 99.0 Å². The van der Waals surface area contributed by atoms with E-state index >= 15 is 0 Å². The summed E-state index contributed by atoms with van der Waals surface area (Å²) in [5, 5.41) is 10.9. The predicted octanol–water partition coefficient (Wildman–Crippen LogP) is -0.410. The number of imide groups is 1. The molecule has 0 radical (unpaired) electrons. The van der Waals surface area contributed by atoms with Crippen LogP contribution >= 0.6 is 0 Å². The summed E-state index contributed by atoms with van der Waals surface area (Å²) >= 11 is 0. The maximum Gasteiger partial charge on any atom is 0.251 e. The predicted molar refractivity (Wildman–Crippen MR) is 61.3 cm³/mol. The van der Waals surface area contributed by atoms with Crippen molar-refractivity contribution in [3.05, 3.63) is 18.1 Å². The number of amides is 2. The second kappa shape index (κ2) is 4.07. The van der Waals surface area contributed by atoms with Crippen molar-refractivity contribution in [2.45, 2.75) is 19.4 Å². The second-order valence-corrected chi connectivity index (χ2v) is 4.39. The van der Waals surface area contributed by atoms with Gasteiger partial charge in [-0.15, -0.1) is 0 Å². The fourth-order valence-electron chi connectivity index (χ4n) is 1.67. The van der Waals surface area contributed by atoms with Gasteiger partial charge in [0.2, 0.25) is 5.91 Å². The van der Waals surface area contributed by atoms with Crippen LogP contribution in [0.3, 0.4) is 0 Å². The van der Waals surface area contributed by atoms with Crippen molar-refractivity contribution in [1.82, 2.24) is 15.3 Å². The molecule has 7 heteroatoms. The van der Waals surface area contributed by atoms with Gasteiger partial charge in [-0.05, 0) is 13.8 Å². The molecule has 1 fully saturated rings. The summed E-state index contributed by atoms with van der Waals surface area (Å²) in [4.78, 5) is 32.6. The van der Waals surface area contributed by atoms with Crippen LogP contribution < -0.4 is 10.2 Å². The first-order chi connectivity index (χ1) is 8.45. The minimum atomic E-state index is -0.892. The second-order valence-electron chi connectivity index (χ2n) is 4.39. The molecular weight excluding hydrogens is 234 g/mol. The van der Waals surface area contributed by atoms with Crippen LogP contribution in [0.5, 0.6) is 0 Å². The van der Waals surface area contributed by atoms with E-state index in [-0.39, 0.29) is 24.1 Å². The molecule has 0 aliphatic carbocycles. The monoisotopic (exact) mass is 245 g/mol. The van der Waals surface area contributed by atoms with E-state index in [2.05, 4.69) is 15.3 Å². The molecular formula is C11H11N5O2. The zero-order chi connectivity index (χ0) is 13.3. The molecule has 2 amide bonds. The molecule has 1 aromatic rings. The Bertz CT molecular complexity index is 544. The first-order valence-corrected chi connectivity index (χ1v) is 5.29. The maximum atomic E-state index is 11.8. The van der Waals surface area contributed by atoms with Crippen LogP contribution in [0.15, 0.2) is 12.4 Å². The molecule has 1 N–H and O–H groups in total.